The van der Waals surface area contributed by atoms with E-state index >= 15 is 0 Å². The van der Waals surface area contributed by atoms with E-state index in [9.17, 15) is 0 Å². The molecule has 0 aromatic carbocycles. The summed E-state index contributed by atoms with van der Waals surface area (Å²) < 4.78 is 0. The van der Waals surface area contributed by atoms with Gasteiger partial charge < -0.3 is 11.5 Å². The summed E-state index contributed by atoms with van der Waals surface area (Å²) in [5, 5.41) is 0. The molecule has 2 fully saturated rings. The molecule has 1 atom stereocenters. The minimum atomic E-state index is 0.157. The van der Waals surface area contributed by atoms with Crippen LogP contribution >= 0.6 is 0 Å². The summed E-state index contributed by atoms with van der Waals surface area (Å²) in [5.41, 5.74) is 14.9. The van der Waals surface area contributed by atoms with Crippen LogP contribution in [0.2, 0.25) is 0 Å². The maximum Gasteiger partial charge on any atom is 0.0378 e. The van der Waals surface area contributed by atoms with Crippen molar-refractivity contribution in [2.45, 2.75) is 62.9 Å². The van der Waals surface area contributed by atoms with Gasteiger partial charge in [0.1, 0.15) is 0 Å². The van der Waals surface area contributed by atoms with Gasteiger partial charge in [-0.15, -0.1) is 0 Å². The molecule has 0 radical (unpaired) electrons. The zero-order valence-electron chi connectivity index (χ0n) is 12.9. The van der Waals surface area contributed by atoms with Gasteiger partial charge in [-0.1, -0.05) is 19.3 Å². The standard InChI is InChI=1S/C17H28N4/c18-15-6-9-20-13-14(15)12-16(19)17(7-2-3-8-17)21-10-4-1-5-11-21/h6,9,13,16H,1-5,7-8,10-12,19H2,(H2,18,20). The Hall–Kier alpha value is -1.13. The Bertz CT molecular complexity index is 462. The van der Waals surface area contributed by atoms with Gasteiger partial charge in [0, 0.05) is 29.7 Å². The molecular weight excluding hydrogens is 260 g/mol. The number of pyridine rings is 1. The summed E-state index contributed by atoms with van der Waals surface area (Å²) in [5.74, 6) is 0. The summed E-state index contributed by atoms with van der Waals surface area (Å²) in [7, 11) is 0. The highest BCUT2D eigenvalue weighted by Crippen LogP contribution is 2.40. The molecule has 116 valence electrons. The molecule has 1 aliphatic carbocycles. The number of nitrogens with two attached hydrogens (primary N) is 2. The van der Waals surface area contributed by atoms with Gasteiger partial charge in [0.15, 0.2) is 0 Å². The molecule has 3 rings (SSSR count). The molecule has 4 N–H and O–H groups in total. The molecule has 2 heterocycles. The molecule has 1 aromatic rings. The second-order valence-corrected chi connectivity index (χ2v) is 6.74. The van der Waals surface area contributed by atoms with Crippen molar-refractivity contribution in [3.05, 3.63) is 24.0 Å². The molecule has 4 nitrogen and oxygen atoms in total. The Morgan fingerprint density at radius 1 is 1.14 bits per heavy atom. The van der Waals surface area contributed by atoms with Crippen molar-refractivity contribution >= 4 is 5.69 Å². The van der Waals surface area contributed by atoms with Crippen LogP contribution in [0.15, 0.2) is 18.5 Å². The lowest BCUT2D eigenvalue weighted by Crippen LogP contribution is -2.60. The van der Waals surface area contributed by atoms with E-state index in [1.165, 1.54) is 58.0 Å². The number of nitrogen functional groups attached to an aromatic ring is 1. The fourth-order valence-corrected chi connectivity index (χ4v) is 4.28. The van der Waals surface area contributed by atoms with Crippen LogP contribution in [0.5, 0.6) is 0 Å². The zero-order chi connectivity index (χ0) is 14.7. The van der Waals surface area contributed by atoms with Gasteiger partial charge in [0.2, 0.25) is 0 Å². The molecule has 0 spiro atoms. The molecule has 1 aliphatic heterocycles. The van der Waals surface area contributed by atoms with Crippen molar-refractivity contribution in [2.24, 2.45) is 5.73 Å². The Kier molecular flexibility index (Phi) is 4.45. The molecule has 2 aliphatic rings. The van der Waals surface area contributed by atoms with Gasteiger partial charge in [-0.05, 0) is 56.8 Å². The molecule has 1 saturated heterocycles. The molecule has 4 heteroatoms. The van der Waals surface area contributed by atoms with E-state index in [4.69, 9.17) is 11.5 Å². The molecule has 1 unspecified atom stereocenters. The highest BCUT2D eigenvalue weighted by atomic mass is 15.2. The van der Waals surface area contributed by atoms with E-state index in [-0.39, 0.29) is 11.6 Å². The Labute approximate surface area is 127 Å². The maximum atomic E-state index is 6.72. The van der Waals surface area contributed by atoms with Gasteiger partial charge in [-0.2, -0.15) is 0 Å². The number of hydrogen-bond donors (Lipinski definition) is 2. The van der Waals surface area contributed by atoms with Crippen LogP contribution in [-0.4, -0.2) is 34.6 Å². The third-order valence-electron chi connectivity index (χ3n) is 5.53. The van der Waals surface area contributed by atoms with Gasteiger partial charge in [0.25, 0.3) is 0 Å². The van der Waals surface area contributed by atoms with Crippen molar-refractivity contribution < 1.29 is 0 Å². The molecule has 21 heavy (non-hydrogen) atoms. The zero-order valence-corrected chi connectivity index (χ0v) is 12.9. The van der Waals surface area contributed by atoms with Crippen LogP contribution in [0.25, 0.3) is 0 Å². The predicted octanol–water partition coefficient (Wildman–Crippen LogP) is 2.33. The van der Waals surface area contributed by atoms with Crippen molar-refractivity contribution in [1.82, 2.24) is 9.88 Å². The lowest BCUT2D eigenvalue weighted by Gasteiger charge is -2.47. The molecule has 0 bridgehead atoms. The Balaban J connectivity index is 1.78. The molecule has 1 saturated carbocycles. The van der Waals surface area contributed by atoms with Gasteiger partial charge in [0.05, 0.1) is 0 Å². The minimum absolute atomic E-state index is 0.157. The summed E-state index contributed by atoms with van der Waals surface area (Å²) in [6, 6.07) is 2.04. The topological polar surface area (TPSA) is 68.2 Å². The van der Waals surface area contributed by atoms with Crippen molar-refractivity contribution in [2.75, 3.05) is 18.8 Å². The van der Waals surface area contributed by atoms with E-state index in [2.05, 4.69) is 9.88 Å². The van der Waals surface area contributed by atoms with Crippen molar-refractivity contribution in [1.29, 1.82) is 0 Å². The first-order valence-corrected chi connectivity index (χ1v) is 8.41. The van der Waals surface area contributed by atoms with Crippen LogP contribution in [-0.2, 0) is 6.42 Å². The number of hydrogen-bond acceptors (Lipinski definition) is 4. The smallest absolute Gasteiger partial charge is 0.0378 e. The highest BCUT2D eigenvalue weighted by molar-refractivity contribution is 5.45. The van der Waals surface area contributed by atoms with Crippen LogP contribution in [0.4, 0.5) is 5.69 Å². The first-order chi connectivity index (χ1) is 10.2. The summed E-state index contributed by atoms with van der Waals surface area (Å²) in [4.78, 5) is 6.91. The van der Waals surface area contributed by atoms with Crippen LogP contribution in [0, 0.1) is 0 Å². The largest absolute Gasteiger partial charge is 0.398 e. The first kappa shape index (κ1) is 14.8. The first-order valence-electron chi connectivity index (χ1n) is 8.41. The summed E-state index contributed by atoms with van der Waals surface area (Å²) >= 11 is 0. The van der Waals surface area contributed by atoms with Crippen molar-refractivity contribution in [3.63, 3.8) is 0 Å². The van der Waals surface area contributed by atoms with Crippen molar-refractivity contribution in [3.8, 4) is 0 Å². The fourth-order valence-electron chi connectivity index (χ4n) is 4.28. The Morgan fingerprint density at radius 2 is 1.86 bits per heavy atom. The second kappa shape index (κ2) is 6.32. The number of anilines is 1. The van der Waals surface area contributed by atoms with Gasteiger partial charge in [-0.25, -0.2) is 0 Å². The third kappa shape index (κ3) is 2.92. The van der Waals surface area contributed by atoms with Gasteiger partial charge >= 0.3 is 0 Å². The number of likely N-dealkylation sites (tertiary alicyclic amines) is 1. The number of piperidine rings is 1. The second-order valence-electron chi connectivity index (χ2n) is 6.74. The van der Waals surface area contributed by atoms with Crippen LogP contribution in [0.1, 0.15) is 50.5 Å². The predicted molar refractivity (Wildman–Crippen MR) is 87.0 cm³/mol. The third-order valence-corrected chi connectivity index (χ3v) is 5.53. The van der Waals surface area contributed by atoms with Crippen LogP contribution in [0.3, 0.4) is 0 Å². The van der Waals surface area contributed by atoms with E-state index < -0.39 is 0 Å². The summed E-state index contributed by atoms with van der Waals surface area (Å²) in [6.45, 7) is 2.44. The summed E-state index contributed by atoms with van der Waals surface area (Å²) in [6.07, 6.45) is 13.6. The number of aromatic nitrogens is 1. The molecular formula is C17H28N4. The maximum absolute atomic E-state index is 6.72. The molecule has 0 amide bonds. The van der Waals surface area contributed by atoms with E-state index in [0.717, 1.165) is 17.7 Å². The molecule has 1 aromatic heterocycles. The number of nitrogens with zero attached hydrogens (tertiary/aromatic N) is 2. The average Bonchev–Trinajstić information content (AvgIpc) is 3.01. The quantitative estimate of drug-likeness (QED) is 0.892. The lowest BCUT2D eigenvalue weighted by atomic mass is 9.82. The van der Waals surface area contributed by atoms with Gasteiger partial charge in [-0.3, -0.25) is 9.88 Å². The number of rotatable bonds is 4. The van der Waals surface area contributed by atoms with E-state index in [1.807, 2.05) is 12.3 Å². The minimum Gasteiger partial charge on any atom is -0.398 e. The highest BCUT2D eigenvalue weighted by Gasteiger charge is 2.44. The van der Waals surface area contributed by atoms with E-state index in [1.54, 1.807) is 6.20 Å². The SMILES string of the molecule is Nc1ccncc1CC(N)C1(N2CCCCC2)CCCC1. The fraction of sp³-hybridized carbons (Fsp3) is 0.706. The monoisotopic (exact) mass is 288 g/mol. The van der Waals surface area contributed by atoms with Crippen LogP contribution < -0.4 is 11.5 Å². The normalized spacial score (nSPS) is 24.0. The lowest BCUT2D eigenvalue weighted by molar-refractivity contribution is 0.0482. The Morgan fingerprint density at radius 3 is 2.52 bits per heavy atom. The van der Waals surface area contributed by atoms with E-state index in [0.29, 0.717) is 0 Å². The average molecular weight is 288 g/mol.